The fourth-order valence-corrected chi connectivity index (χ4v) is 1.82. The summed E-state index contributed by atoms with van der Waals surface area (Å²) in [6, 6.07) is 5.86. The number of carboxylic acid groups (broad SMARTS) is 1. The van der Waals surface area contributed by atoms with E-state index < -0.39 is 5.97 Å². The summed E-state index contributed by atoms with van der Waals surface area (Å²) in [7, 11) is 0. The Kier molecular flexibility index (Phi) is 5.28. The van der Waals surface area contributed by atoms with E-state index in [0.29, 0.717) is 19.5 Å². The Balaban J connectivity index is 2.50. The molecule has 100 valence electrons. The van der Waals surface area contributed by atoms with Gasteiger partial charge in [0.05, 0.1) is 5.92 Å². The topological polar surface area (TPSA) is 62.2 Å². The molecule has 0 saturated carbocycles. The lowest BCUT2D eigenvalue weighted by atomic mass is 9.88. The fourth-order valence-electron chi connectivity index (χ4n) is 1.82. The number of hydrogen-bond donors (Lipinski definition) is 2. The number of pyridine rings is 1. The van der Waals surface area contributed by atoms with E-state index in [2.05, 4.69) is 24.1 Å². The lowest BCUT2D eigenvalue weighted by Crippen LogP contribution is -2.37. The van der Waals surface area contributed by atoms with Gasteiger partial charge in [0.1, 0.15) is 0 Å². The maximum atomic E-state index is 10.9. The molecule has 0 amide bonds. The molecular formula is C14H22N2O2. The summed E-state index contributed by atoms with van der Waals surface area (Å²) in [5.74, 6) is -1.05. The van der Waals surface area contributed by atoms with Crippen LogP contribution >= 0.6 is 0 Å². The molecule has 0 spiro atoms. The van der Waals surface area contributed by atoms with Crippen LogP contribution in [0.5, 0.6) is 0 Å². The molecule has 1 rings (SSSR count). The van der Waals surface area contributed by atoms with Crippen LogP contribution in [0.4, 0.5) is 0 Å². The SMILES string of the molecule is CCC(CNCC(C)(C)c1ccccn1)C(=O)O. The zero-order valence-electron chi connectivity index (χ0n) is 11.3. The number of carboxylic acids is 1. The quantitative estimate of drug-likeness (QED) is 0.777. The second-order valence-electron chi connectivity index (χ2n) is 5.17. The van der Waals surface area contributed by atoms with E-state index in [9.17, 15) is 4.79 Å². The first-order valence-corrected chi connectivity index (χ1v) is 6.32. The molecule has 0 aliphatic rings. The van der Waals surface area contributed by atoms with Gasteiger partial charge in [0.15, 0.2) is 0 Å². The zero-order chi connectivity index (χ0) is 13.6. The molecular weight excluding hydrogens is 228 g/mol. The summed E-state index contributed by atoms with van der Waals surface area (Å²) in [6.45, 7) is 7.31. The van der Waals surface area contributed by atoms with Crippen molar-refractivity contribution in [1.82, 2.24) is 10.3 Å². The molecule has 0 saturated heterocycles. The summed E-state index contributed by atoms with van der Waals surface area (Å²) < 4.78 is 0. The van der Waals surface area contributed by atoms with Gasteiger partial charge in [0.25, 0.3) is 0 Å². The Labute approximate surface area is 108 Å². The van der Waals surface area contributed by atoms with Crippen molar-refractivity contribution in [2.24, 2.45) is 5.92 Å². The van der Waals surface area contributed by atoms with Gasteiger partial charge in [-0.3, -0.25) is 9.78 Å². The van der Waals surface area contributed by atoms with Crippen LogP contribution in [0, 0.1) is 5.92 Å². The minimum Gasteiger partial charge on any atom is -0.481 e. The van der Waals surface area contributed by atoms with E-state index >= 15 is 0 Å². The van der Waals surface area contributed by atoms with Crippen molar-refractivity contribution in [2.75, 3.05) is 13.1 Å². The van der Waals surface area contributed by atoms with Crippen molar-refractivity contribution in [3.05, 3.63) is 30.1 Å². The molecule has 4 nitrogen and oxygen atoms in total. The Hall–Kier alpha value is -1.42. The molecule has 1 heterocycles. The van der Waals surface area contributed by atoms with Crippen LogP contribution in [-0.2, 0) is 10.2 Å². The van der Waals surface area contributed by atoms with Crippen LogP contribution < -0.4 is 5.32 Å². The molecule has 0 aliphatic carbocycles. The molecule has 2 N–H and O–H groups in total. The van der Waals surface area contributed by atoms with Gasteiger partial charge < -0.3 is 10.4 Å². The second-order valence-corrected chi connectivity index (χ2v) is 5.17. The van der Waals surface area contributed by atoms with E-state index in [1.54, 1.807) is 6.20 Å². The van der Waals surface area contributed by atoms with Crippen LogP contribution in [0.1, 0.15) is 32.9 Å². The van der Waals surface area contributed by atoms with E-state index in [1.165, 1.54) is 0 Å². The molecule has 1 unspecified atom stereocenters. The van der Waals surface area contributed by atoms with Gasteiger partial charge in [-0.25, -0.2) is 0 Å². The van der Waals surface area contributed by atoms with Crippen LogP contribution in [-0.4, -0.2) is 29.1 Å². The van der Waals surface area contributed by atoms with E-state index in [4.69, 9.17) is 5.11 Å². The average Bonchev–Trinajstić information content (AvgIpc) is 2.35. The van der Waals surface area contributed by atoms with E-state index in [1.807, 2.05) is 25.1 Å². The second kappa shape index (κ2) is 6.50. The molecule has 0 radical (unpaired) electrons. The van der Waals surface area contributed by atoms with Crippen molar-refractivity contribution in [2.45, 2.75) is 32.6 Å². The minimum absolute atomic E-state index is 0.0992. The van der Waals surface area contributed by atoms with Crippen molar-refractivity contribution in [3.63, 3.8) is 0 Å². The number of aliphatic carboxylic acids is 1. The van der Waals surface area contributed by atoms with Gasteiger partial charge in [0, 0.05) is 30.4 Å². The monoisotopic (exact) mass is 250 g/mol. The third-order valence-corrected chi connectivity index (χ3v) is 3.16. The Morgan fingerprint density at radius 2 is 2.22 bits per heavy atom. The van der Waals surface area contributed by atoms with Crippen molar-refractivity contribution in [3.8, 4) is 0 Å². The first-order chi connectivity index (χ1) is 8.47. The highest BCUT2D eigenvalue weighted by molar-refractivity contribution is 5.70. The Morgan fingerprint density at radius 3 is 2.72 bits per heavy atom. The van der Waals surface area contributed by atoms with E-state index in [0.717, 1.165) is 5.69 Å². The molecule has 0 bridgehead atoms. The molecule has 0 aromatic carbocycles. The van der Waals surface area contributed by atoms with Gasteiger partial charge in [-0.1, -0.05) is 26.8 Å². The normalized spacial score (nSPS) is 13.3. The number of rotatable bonds is 7. The molecule has 0 fully saturated rings. The largest absolute Gasteiger partial charge is 0.481 e. The number of nitrogens with one attached hydrogen (secondary N) is 1. The molecule has 0 aliphatic heterocycles. The lowest BCUT2D eigenvalue weighted by Gasteiger charge is -2.25. The summed E-state index contributed by atoms with van der Waals surface area (Å²) in [5, 5.41) is 12.2. The molecule has 4 heteroatoms. The number of carbonyl (C=O) groups is 1. The maximum Gasteiger partial charge on any atom is 0.307 e. The molecule has 1 atom stereocenters. The lowest BCUT2D eigenvalue weighted by molar-refractivity contribution is -0.141. The first-order valence-electron chi connectivity index (χ1n) is 6.32. The third-order valence-electron chi connectivity index (χ3n) is 3.16. The van der Waals surface area contributed by atoms with Crippen molar-refractivity contribution in [1.29, 1.82) is 0 Å². The third kappa shape index (κ3) is 4.11. The van der Waals surface area contributed by atoms with Gasteiger partial charge in [0.2, 0.25) is 0 Å². The highest BCUT2D eigenvalue weighted by Gasteiger charge is 2.22. The molecule has 1 aromatic heterocycles. The van der Waals surface area contributed by atoms with Gasteiger partial charge in [-0.15, -0.1) is 0 Å². The van der Waals surface area contributed by atoms with Gasteiger partial charge in [-0.2, -0.15) is 0 Å². The molecule has 18 heavy (non-hydrogen) atoms. The number of nitrogens with zero attached hydrogens (tertiary/aromatic N) is 1. The van der Waals surface area contributed by atoms with Crippen LogP contribution in [0.2, 0.25) is 0 Å². The summed E-state index contributed by atoms with van der Waals surface area (Å²) in [5.41, 5.74) is 0.916. The minimum atomic E-state index is -0.736. The smallest absolute Gasteiger partial charge is 0.307 e. The highest BCUT2D eigenvalue weighted by Crippen LogP contribution is 2.19. The van der Waals surface area contributed by atoms with Crippen LogP contribution in [0.15, 0.2) is 24.4 Å². The van der Waals surface area contributed by atoms with Gasteiger partial charge in [-0.05, 0) is 18.6 Å². The number of hydrogen-bond acceptors (Lipinski definition) is 3. The van der Waals surface area contributed by atoms with Crippen molar-refractivity contribution >= 4 is 5.97 Å². The Bertz CT molecular complexity index is 377. The fraction of sp³-hybridized carbons (Fsp3) is 0.571. The predicted molar refractivity (Wildman–Crippen MR) is 71.5 cm³/mol. The first kappa shape index (κ1) is 14.6. The standard InChI is InChI=1S/C14H22N2O2/c1-4-11(13(17)18)9-15-10-14(2,3)12-7-5-6-8-16-12/h5-8,11,15H,4,9-10H2,1-3H3,(H,17,18). The zero-order valence-corrected chi connectivity index (χ0v) is 11.3. The van der Waals surface area contributed by atoms with Crippen LogP contribution in [0.25, 0.3) is 0 Å². The number of aromatic nitrogens is 1. The average molecular weight is 250 g/mol. The summed E-state index contributed by atoms with van der Waals surface area (Å²) in [4.78, 5) is 15.3. The summed E-state index contributed by atoms with van der Waals surface area (Å²) >= 11 is 0. The Morgan fingerprint density at radius 1 is 1.50 bits per heavy atom. The predicted octanol–water partition coefficient (Wildman–Crippen LogP) is 2.06. The van der Waals surface area contributed by atoms with E-state index in [-0.39, 0.29) is 11.3 Å². The molecule has 1 aromatic rings. The maximum absolute atomic E-state index is 10.9. The summed E-state index contributed by atoms with van der Waals surface area (Å²) in [6.07, 6.45) is 2.43. The highest BCUT2D eigenvalue weighted by atomic mass is 16.4. The van der Waals surface area contributed by atoms with Crippen LogP contribution in [0.3, 0.4) is 0 Å². The van der Waals surface area contributed by atoms with Crippen molar-refractivity contribution < 1.29 is 9.90 Å². The van der Waals surface area contributed by atoms with Gasteiger partial charge >= 0.3 is 5.97 Å².